The average Bonchev–Trinajstić information content (AvgIpc) is 2.46. The Morgan fingerprint density at radius 2 is 1.75 bits per heavy atom. The maximum Gasteiger partial charge on any atom is 0.342 e. The number of halogens is 1. The Kier molecular flexibility index (Phi) is 1.31. The Balaban J connectivity index is 2.23. The largest absolute Gasteiger partial charge is 0.479 e. The first-order chi connectivity index (χ1) is 5.49. The summed E-state index contributed by atoms with van der Waals surface area (Å²) in [6, 6.07) is 0. The number of aliphatic hydroxyl groups excluding tert-OH is 2. The number of carbonyl (C=O) groups is 1. The minimum Gasteiger partial charge on any atom is -0.479 e. The first-order valence-electron chi connectivity index (χ1n) is 3.78. The lowest BCUT2D eigenvalue weighted by atomic mass is 10.1. The Morgan fingerprint density at radius 3 is 2.00 bits per heavy atom. The van der Waals surface area contributed by atoms with Crippen molar-refractivity contribution >= 4 is 5.97 Å². The van der Waals surface area contributed by atoms with Gasteiger partial charge in [-0.3, -0.25) is 0 Å². The van der Waals surface area contributed by atoms with Crippen LogP contribution < -0.4 is 0 Å². The van der Waals surface area contributed by atoms with E-state index in [4.69, 9.17) is 15.3 Å². The molecule has 0 saturated heterocycles. The predicted octanol–water partition coefficient (Wildman–Crippen LogP) is -0.849. The van der Waals surface area contributed by atoms with Crippen LogP contribution in [0.5, 0.6) is 0 Å². The van der Waals surface area contributed by atoms with Crippen molar-refractivity contribution in [2.24, 2.45) is 11.8 Å². The molecule has 5 atom stereocenters. The van der Waals surface area contributed by atoms with Crippen molar-refractivity contribution in [2.75, 3.05) is 0 Å². The van der Waals surface area contributed by atoms with Gasteiger partial charge in [0.25, 0.3) is 0 Å². The highest BCUT2D eigenvalue weighted by molar-refractivity contribution is 5.83. The lowest BCUT2D eigenvalue weighted by molar-refractivity contribution is -0.148. The van der Waals surface area contributed by atoms with Crippen molar-refractivity contribution in [1.82, 2.24) is 0 Å². The molecule has 0 aromatic heterocycles. The maximum absolute atomic E-state index is 13.3. The Bertz CT molecular complexity index is 228. The molecule has 0 aromatic rings. The van der Waals surface area contributed by atoms with Gasteiger partial charge in [-0.25, -0.2) is 9.18 Å². The molecule has 0 amide bonds. The zero-order valence-corrected chi connectivity index (χ0v) is 6.14. The molecule has 2 saturated carbocycles. The van der Waals surface area contributed by atoms with Crippen molar-refractivity contribution in [1.29, 1.82) is 0 Å². The van der Waals surface area contributed by atoms with Gasteiger partial charge in [0.05, 0.1) is 12.2 Å². The molecule has 68 valence electrons. The summed E-state index contributed by atoms with van der Waals surface area (Å²) in [7, 11) is 0. The van der Waals surface area contributed by atoms with E-state index < -0.39 is 35.7 Å². The second-order valence-electron chi connectivity index (χ2n) is 3.50. The summed E-state index contributed by atoms with van der Waals surface area (Å²) in [5, 5.41) is 26.7. The molecule has 12 heavy (non-hydrogen) atoms. The maximum atomic E-state index is 13.3. The fourth-order valence-electron chi connectivity index (χ4n) is 2.27. The summed E-state index contributed by atoms with van der Waals surface area (Å²) in [4.78, 5) is 10.4. The number of aliphatic carboxylic acids is 1. The van der Waals surface area contributed by atoms with Crippen LogP contribution in [0.2, 0.25) is 0 Å². The van der Waals surface area contributed by atoms with Gasteiger partial charge in [0.2, 0.25) is 5.67 Å². The third kappa shape index (κ3) is 0.658. The molecular weight excluding hydrogens is 167 g/mol. The summed E-state index contributed by atoms with van der Waals surface area (Å²) >= 11 is 0. The normalized spacial score (nSPS) is 56.6. The minimum atomic E-state index is -2.38. The van der Waals surface area contributed by atoms with E-state index >= 15 is 0 Å². The van der Waals surface area contributed by atoms with Gasteiger partial charge in [0, 0.05) is 18.3 Å². The minimum absolute atomic E-state index is 0.0916. The molecule has 4 nitrogen and oxygen atoms in total. The summed E-state index contributed by atoms with van der Waals surface area (Å²) < 4.78 is 13.3. The Morgan fingerprint density at radius 1 is 1.33 bits per heavy atom. The van der Waals surface area contributed by atoms with E-state index in [1.54, 1.807) is 0 Å². The smallest absolute Gasteiger partial charge is 0.342 e. The van der Waals surface area contributed by atoms with Crippen LogP contribution in [0.3, 0.4) is 0 Å². The van der Waals surface area contributed by atoms with E-state index in [0.29, 0.717) is 0 Å². The van der Waals surface area contributed by atoms with Crippen LogP contribution in [-0.2, 0) is 4.79 Å². The van der Waals surface area contributed by atoms with Crippen molar-refractivity contribution in [2.45, 2.75) is 24.3 Å². The average molecular weight is 176 g/mol. The van der Waals surface area contributed by atoms with Gasteiger partial charge in [0.1, 0.15) is 0 Å². The Hall–Kier alpha value is -0.680. The second kappa shape index (κ2) is 1.97. The van der Waals surface area contributed by atoms with Gasteiger partial charge in [-0.15, -0.1) is 0 Å². The predicted molar refractivity (Wildman–Crippen MR) is 35.1 cm³/mol. The van der Waals surface area contributed by atoms with Gasteiger partial charge in [-0.1, -0.05) is 0 Å². The quantitative estimate of drug-likeness (QED) is 0.486. The molecule has 1 unspecified atom stereocenters. The molecule has 2 aliphatic carbocycles. The number of hydrogen-bond donors (Lipinski definition) is 3. The summed E-state index contributed by atoms with van der Waals surface area (Å²) in [6.45, 7) is 0. The van der Waals surface area contributed by atoms with Crippen molar-refractivity contribution in [3.05, 3.63) is 0 Å². The van der Waals surface area contributed by atoms with Gasteiger partial charge < -0.3 is 15.3 Å². The SMILES string of the molecule is O=C(O)C1(F)[C@@H]2[C@H]1[C@@H](O)C[C@H]2O. The molecule has 2 rings (SSSR count). The number of carboxylic acid groups (broad SMARTS) is 1. The lowest BCUT2D eigenvalue weighted by Crippen LogP contribution is -2.31. The second-order valence-corrected chi connectivity index (χ2v) is 3.50. The third-order valence-corrected chi connectivity index (χ3v) is 2.89. The molecule has 0 aromatic carbocycles. The van der Waals surface area contributed by atoms with Crippen molar-refractivity contribution in [3.63, 3.8) is 0 Å². The number of hydrogen-bond acceptors (Lipinski definition) is 3. The molecule has 0 heterocycles. The van der Waals surface area contributed by atoms with Crippen LogP contribution in [0.1, 0.15) is 6.42 Å². The topological polar surface area (TPSA) is 77.8 Å². The first-order valence-corrected chi connectivity index (χ1v) is 3.78. The summed E-state index contributed by atoms with van der Waals surface area (Å²) in [5.41, 5.74) is -2.38. The van der Waals surface area contributed by atoms with E-state index in [-0.39, 0.29) is 6.42 Å². The molecule has 0 radical (unpaired) electrons. The van der Waals surface area contributed by atoms with E-state index in [0.717, 1.165) is 0 Å². The number of aliphatic hydroxyl groups is 2. The highest BCUT2D eigenvalue weighted by atomic mass is 19.1. The number of carboxylic acids is 1. The Labute approximate surface area is 67.6 Å². The molecule has 2 aliphatic rings. The third-order valence-electron chi connectivity index (χ3n) is 2.89. The molecule has 0 aliphatic heterocycles. The molecule has 0 spiro atoms. The lowest BCUT2D eigenvalue weighted by Gasteiger charge is -2.13. The fourth-order valence-corrected chi connectivity index (χ4v) is 2.27. The van der Waals surface area contributed by atoms with Gasteiger partial charge >= 0.3 is 5.97 Å². The van der Waals surface area contributed by atoms with Crippen LogP contribution in [0.15, 0.2) is 0 Å². The molecular formula is C7H9FO4. The number of fused-ring (bicyclic) bond motifs is 1. The van der Waals surface area contributed by atoms with Gasteiger partial charge in [-0.2, -0.15) is 0 Å². The first kappa shape index (κ1) is 7.94. The molecule has 2 fully saturated rings. The zero-order chi connectivity index (χ0) is 9.09. The fraction of sp³-hybridized carbons (Fsp3) is 0.857. The van der Waals surface area contributed by atoms with Crippen LogP contribution >= 0.6 is 0 Å². The van der Waals surface area contributed by atoms with E-state index in [2.05, 4.69) is 0 Å². The summed E-state index contributed by atoms with van der Waals surface area (Å²) in [6.07, 6.45) is -1.92. The van der Waals surface area contributed by atoms with E-state index in [1.165, 1.54) is 0 Å². The van der Waals surface area contributed by atoms with Crippen LogP contribution in [0.25, 0.3) is 0 Å². The van der Waals surface area contributed by atoms with E-state index in [1.807, 2.05) is 0 Å². The van der Waals surface area contributed by atoms with Crippen LogP contribution in [0.4, 0.5) is 4.39 Å². The van der Waals surface area contributed by atoms with Crippen molar-refractivity contribution < 1.29 is 24.5 Å². The standard InChI is InChI=1S/C7H9FO4/c8-7(6(11)12)4-2(9)1-3(10)5(4)7/h2-5,9-10H,1H2,(H,11,12)/t2-,3+,4+,5-,7?. The van der Waals surface area contributed by atoms with E-state index in [9.17, 15) is 9.18 Å². The van der Waals surface area contributed by atoms with Crippen LogP contribution in [0, 0.1) is 11.8 Å². The molecule has 5 heteroatoms. The number of rotatable bonds is 1. The van der Waals surface area contributed by atoms with Crippen LogP contribution in [-0.4, -0.2) is 39.2 Å². The zero-order valence-electron chi connectivity index (χ0n) is 6.14. The summed E-state index contributed by atoms with van der Waals surface area (Å²) in [5.74, 6) is -3.37. The van der Waals surface area contributed by atoms with Gasteiger partial charge in [0.15, 0.2) is 0 Å². The monoisotopic (exact) mass is 176 g/mol. The number of alkyl halides is 1. The highest BCUT2D eigenvalue weighted by Gasteiger charge is 2.79. The molecule has 3 N–H and O–H groups in total. The van der Waals surface area contributed by atoms with Gasteiger partial charge in [-0.05, 0) is 0 Å². The van der Waals surface area contributed by atoms with Crippen molar-refractivity contribution in [3.8, 4) is 0 Å². The highest BCUT2D eigenvalue weighted by Crippen LogP contribution is 2.63. The molecule has 0 bridgehead atoms.